The molecule has 0 saturated carbocycles. The summed E-state index contributed by atoms with van der Waals surface area (Å²) in [6.07, 6.45) is 5.87. The normalized spacial score (nSPS) is 10.8. The van der Waals surface area contributed by atoms with Crippen LogP contribution in [0.1, 0.15) is 6.42 Å². The van der Waals surface area contributed by atoms with Crippen molar-refractivity contribution in [2.24, 2.45) is 0 Å². The molecule has 22 heavy (non-hydrogen) atoms. The van der Waals surface area contributed by atoms with E-state index < -0.39 is 0 Å². The first-order valence-corrected chi connectivity index (χ1v) is 7.06. The fraction of sp³-hybridized carbons (Fsp3) is 0.250. The van der Waals surface area contributed by atoms with Crippen LogP contribution in [0.3, 0.4) is 0 Å². The summed E-state index contributed by atoms with van der Waals surface area (Å²) in [6, 6.07) is 7.40. The van der Waals surface area contributed by atoms with Crippen LogP contribution >= 0.6 is 0 Å². The lowest BCUT2D eigenvalue weighted by atomic mass is 10.1. The molecule has 6 heteroatoms. The van der Waals surface area contributed by atoms with E-state index in [0.29, 0.717) is 29.8 Å². The highest BCUT2D eigenvalue weighted by Crippen LogP contribution is 2.31. The summed E-state index contributed by atoms with van der Waals surface area (Å²) in [7, 11) is 1.68. The average molecular weight is 299 g/mol. The number of furan rings is 2. The smallest absolute Gasteiger partial charge is 0.223 e. The molecule has 0 unspecified atom stereocenters. The van der Waals surface area contributed by atoms with Gasteiger partial charge in [0, 0.05) is 26.5 Å². The summed E-state index contributed by atoms with van der Waals surface area (Å²) >= 11 is 0. The van der Waals surface area contributed by atoms with Crippen LogP contribution in [0.15, 0.2) is 51.8 Å². The van der Waals surface area contributed by atoms with Crippen LogP contribution in [0.25, 0.3) is 22.8 Å². The first-order chi connectivity index (χ1) is 10.9. The lowest BCUT2D eigenvalue weighted by Crippen LogP contribution is -2.08. The van der Waals surface area contributed by atoms with E-state index in [1.54, 1.807) is 25.8 Å². The lowest BCUT2D eigenvalue weighted by molar-refractivity contribution is 0.197. The Morgan fingerprint density at radius 1 is 1.14 bits per heavy atom. The van der Waals surface area contributed by atoms with E-state index >= 15 is 0 Å². The Balaban J connectivity index is 1.88. The second-order valence-electron chi connectivity index (χ2n) is 4.68. The van der Waals surface area contributed by atoms with Gasteiger partial charge in [0.05, 0.1) is 18.1 Å². The monoisotopic (exact) mass is 299 g/mol. The molecule has 3 rings (SSSR count). The minimum absolute atomic E-state index is 0.554. The standard InChI is InChI=1S/C16H17N3O3/c1-20-8-4-7-17-16-18-11-12(13-5-2-9-21-13)15(19-16)14-6-3-10-22-14/h2-3,5-6,9-11H,4,7-8H2,1H3,(H,17,18,19). The number of nitrogens with one attached hydrogen (secondary N) is 1. The third-order valence-electron chi connectivity index (χ3n) is 3.14. The molecule has 6 nitrogen and oxygen atoms in total. The van der Waals surface area contributed by atoms with E-state index in [9.17, 15) is 0 Å². The highest BCUT2D eigenvalue weighted by molar-refractivity contribution is 5.75. The molecule has 114 valence electrons. The Morgan fingerprint density at radius 3 is 2.59 bits per heavy atom. The molecule has 0 bridgehead atoms. The first-order valence-electron chi connectivity index (χ1n) is 7.06. The molecule has 0 aliphatic carbocycles. The number of methoxy groups -OCH3 is 1. The second kappa shape index (κ2) is 6.91. The highest BCUT2D eigenvalue weighted by Gasteiger charge is 2.15. The molecule has 0 amide bonds. The van der Waals surface area contributed by atoms with Crippen LogP contribution in [0, 0.1) is 0 Å². The molecule has 3 aromatic rings. The maximum Gasteiger partial charge on any atom is 0.223 e. The van der Waals surface area contributed by atoms with Gasteiger partial charge in [0.15, 0.2) is 5.76 Å². The zero-order valence-corrected chi connectivity index (χ0v) is 12.3. The van der Waals surface area contributed by atoms with Gasteiger partial charge in [-0.05, 0) is 30.7 Å². The molecule has 3 aromatic heterocycles. The molecule has 0 spiro atoms. The van der Waals surface area contributed by atoms with E-state index in [2.05, 4.69) is 15.3 Å². The van der Waals surface area contributed by atoms with Crippen LogP contribution in [0.2, 0.25) is 0 Å². The van der Waals surface area contributed by atoms with Crippen LogP contribution in [0.4, 0.5) is 5.95 Å². The van der Waals surface area contributed by atoms with Crippen LogP contribution < -0.4 is 5.32 Å². The minimum Gasteiger partial charge on any atom is -0.464 e. The Morgan fingerprint density at radius 2 is 1.91 bits per heavy atom. The number of aromatic nitrogens is 2. The van der Waals surface area contributed by atoms with Gasteiger partial charge in [-0.25, -0.2) is 9.97 Å². The van der Waals surface area contributed by atoms with Gasteiger partial charge in [0.2, 0.25) is 5.95 Å². The molecule has 0 aliphatic rings. The van der Waals surface area contributed by atoms with E-state index in [4.69, 9.17) is 13.6 Å². The predicted molar refractivity (Wildman–Crippen MR) is 82.4 cm³/mol. The fourth-order valence-electron chi connectivity index (χ4n) is 2.10. The quantitative estimate of drug-likeness (QED) is 0.674. The number of hydrogen-bond acceptors (Lipinski definition) is 6. The van der Waals surface area contributed by atoms with Gasteiger partial charge in [-0.3, -0.25) is 0 Å². The molecule has 0 radical (unpaired) electrons. The van der Waals surface area contributed by atoms with Gasteiger partial charge in [-0.1, -0.05) is 0 Å². The Bertz CT molecular complexity index is 694. The van der Waals surface area contributed by atoms with E-state index in [1.165, 1.54) is 0 Å². The number of nitrogens with zero attached hydrogens (tertiary/aromatic N) is 2. The largest absolute Gasteiger partial charge is 0.464 e. The van der Waals surface area contributed by atoms with E-state index in [1.807, 2.05) is 24.3 Å². The number of anilines is 1. The van der Waals surface area contributed by atoms with Crippen molar-refractivity contribution in [1.82, 2.24) is 9.97 Å². The third-order valence-corrected chi connectivity index (χ3v) is 3.14. The molecule has 0 atom stereocenters. The molecule has 0 saturated heterocycles. The average Bonchev–Trinajstić information content (AvgIpc) is 3.24. The predicted octanol–water partition coefficient (Wildman–Crippen LogP) is 3.45. The molecule has 0 aliphatic heterocycles. The van der Waals surface area contributed by atoms with Crippen molar-refractivity contribution in [3.63, 3.8) is 0 Å². The van der Waals surface area contributed by atoms with Crippen LogP contribution in [-0.2, 0) is 4.74 Å². The molecule has 3 heterocycles. The second-order valence-corrected chi connectivity index (χ2v) is 4.68. The maximum atomic E-state index is 5.48. The molecule has 0 fully saturated rings. The summed E-state index contributed by atoms with van der Waals surface area (Å²) in [4.78, 5) is 8.89. The Hall–Kier alpha value is -2.60. The Labute approximate surface area is 128 Å². The summed E-state index contributed by atoms with van der Waals surface area (Å²) < 4.78 is 16.0. The van der Waals surface area contributed by atoms with Gasteiger partial charge in [-0.15, -0.1) is 0 Å². The summed E-state index contributed by atoms with van der Waals surface area (Å²) in [5, 5.41) is 3.18. The lowest BCUT2D eigenvalue weighted by Gasteiger charge is -2.08. The first kappa shape index (κ1) is 14.3. The number of hydrogen-bond donors (Lipinski definition) is 1. The van der Waals surface area contributed by atoms with Crippen molar-refractivity contribution in [2.45, 2.75) is 6.42 Å². The maximum absolute atomic E-state index is 5.48. The van der Waals surface area contributed by atoms with E-state index in [-0.39, 0.29) is 0 Å². The van der Waals surface area contributed by atoms with Gasteiger partial charge in [-0.2, -0.15) is 0 Å². The van der Waals surface area contributed by atoms with Gasteiger partial charge >= 0.3 is 0 Å². The molecular weight excluding hydrogens is 282 g/mol. The van der Waals surface area contributed by atoms with Crippen LogP contribution in [0.5, 0.6) is 0 Å². The van der Waals surface area contributed by atoms with Crippen molar-refractivity contribution < 1.29 is 13.6 Å². The van der Waals surface area contributed by atoms with Crippen molar-refractivity contribution in [3.05, 3.63) is 43.0 Å². The zero-order chi connectivity index (χ0) is 15.2. The summed E-state index contributed by atoms with van der Waals surface area (Å²) in [6.45, 7) is 1.44. The number of rotatable bonds is 7. The minimum atomic E-state index is 0.554. The van der Waals surface area contributed by atoms with Gasteiger partial charge < -0.3 is 18.9 Å². The zero-order valence-electron chi connectivity index (χ0n) is 12.3. The van der Waals surface area contributed by atoms with Crippen molar-refractivity contribution in [3.8, 4) is 22.8 Å². The topological polar surface area (TPSA) is 73.3 Å². The molecular formula is C16H17N3O3. The SMILES string of the molecule is COCCCNc1ncc(-c2ccco2)c(-c2ccco2)n1. The van der Waals surface area contributed by atoms with E-state index in [0.717, 1.165) is 18.5 Å². The van der Waals surface area contributed by atoms with Gasteiger partial charge in [0.1, 0.15) is 11.5 Å². The molecule has 0 aromatic carbocycles. The summed E-state index contributed by atoms with van der Waals surface area (Å²) in [5.74, 6) is 1.93. The summed E-state index contributed by atoms with van der Waals surface area (Å²) in [5.41, 5.74) is 1.49. The van der Waals surface area contributed by atoms with Crippen LogP contribution in [-0.4, -0.2) is 30.2 Å². The van der Waals surface area contributed by atoms with Crippen molar-refractivity contribution in [1.29, 1.82) is 0 Å². The van der Waals surface area contributed by atoms with Gasteiger partial charge in [0.25, 0.3) is 0 Å². The number of ether oxygens (including phenoxy) is 1. The van der Waals surface area contributed by atoms with Crippen molar-refractivity contribution >= 4 is 5.95 Å². The van der Waals surface area contributed by atoms with Crippen molar-refractivity contribution in [2.75, 3.05) is 25.6 Å². The highest BCUT2D eigenvalue weighted by atomic mass is 16.5. The molecule has 1 N–H and O–H groups in total. The fourth-order valence-corrected chi connectivity index (χ4v) is 2.10. The third kappa shape index (κ3) is 3.17. The Kier molecular flexibility index (Phi) is 4.50.